The molecule has 0 radical (unpaired) electrons. The predicted octanol–water partition coefficient (Wildman–Crippen LogP) is 3.69. The van der Waals surface area contributed by atoms with Crippen LogP contribution in [0.3, 0.4) is 0 Å². The van der Waals surface area contributed by atoms with Gasteiger partial charge in [-0.2, -0.15) is 0 Å². The molecule has 4 aromatic rings. The highest BCUT2D eigenvalue weighted by Gasteiger charge is 2.18. The maximum atomic E-state index is 14.3. The number of hydrogen-bond donors (Lipinski definition) is 4. The fourth-order valence-electron chi connectivity index (χ4n) is 3.87. The number of nitrogens with one attached hydrogen (secondary N) is 2. The number of carbonyl (C=O) groups is 1. The zero-order valence-corrected chi connectivity index (χ0v) is 18.4. The second-order valence-electron chi connectivity index (χ2n) is 8.07. The van der Waals surface area contributed by atoms with E-state index in [9.17, 15) is 18.7 Å². The third-order valence-electron chi connectivity index (χ3n) is 5.77. The normalized spacial score (nSPS) is 13.1. The van der Waals surface area contributed by atoms with Crippen LogP contribution in [0.1, 0.15) is 40.2 Å². The van der Waals surface area contributed by atoms with Crippen LogP contribution in [0.15, 0.2) is 67.0 Å². The van der Waals surface area contributed by atoms with E-state index in [1.165, 1.54) is 24.4 Å². The summed E-state index contributed by atoms with van der Waals surface area (Å²) in [6.45, 7) is 2.32. The third-order valence-corrected chi connectivity index (χ3v) is 5.77. The molecule has 0 aliphatic rings. The molecule has 0 aliphatic carbocycles. The summed E-state index contributed by atoms with van der Waals surface area (Å²) in [6.07, 6.45) is 2.53. The maximum absolute atomic E-state index is 14.3. The first kappa shape index (κ1) is 23.5. The highest BCUT2D eigenvalue weighted by atomic mass is 19.1. The molecule has 0 aliphatic heterocycles. The number of aromatic nitrogens is 2. The van der Waals surface area contributed by atoms with Crippen molar-refractivity contribution >= 4 is 16.8 Å². The highest BCUT2D eigenvalue weighted by molar-refractivity contribution is 5.96. The molecule has 0 spiro atoms. The average molecular weight is 466 g/mol. The minimum atomic E-state index is -0.758. The van der Waals surface area contributed by atoms with E-state index < -0.39 is 23.6 Å². The largest absolute Gasteiger partial charge is 0.387 e. The minimum Gasteiger partial charge on any atom is -0.387 e. The van der Waals surface area contributed by atoms with Gasteiger partial charge in [0.1, 0.15) is 17.3 Å². The Hall–Kier alpha value is -3.66. The number of fused-ring (bicyclic) bond motifs is 1. The number of halogens is 2. The quantitative estimate of drug-likeness (QED) is 0.235. The van der Waals surface area contributed by atoms with Crippen LogP contribution in [0.2, 0.25) is 0 Å². The number of benzene rings is 2. The maximum Gasteiger partial charge on any atom is 0.293 e. The van der Waals surface area contributed by atoms with E-state index in [0.717, 1.165) is 17.2 Å². The Bertz CT molecular complexity index is 1310. The second-order valence-corrected chi connectivity index (χ2v) is 8.07. The Morgan fingerprint density at radius 1 is 1.12 bits per heavy atom. The SMILES string of the molecule is C[C@@H](NCc1cn(Cc2ccc(F)cc2F)c2cnc(C(=O)NO)cc12)[C@@H](O)c1ccccc1. The van der Waals surface area contributed by atoms with Gasteiger partial charge in [-0.1, -0.05) is 36.4 Å². The lowest BCUT2D eigenvalue weighted by Gasteiger charge is -2.20. The Morgan fingerprint density at radius 3 is 2.59 bits per heavy atom. The number of hydrogen-bond acceptors (Lipinski definition) is 5. The number of pyridine rings is 1. The van der Waals surface area contributed by atoms with Crippen molar-refractivity contribution in [2.45, 2.75) is 32.2 Å². The molecule has 9 heteroatoms. The first-order valence-corrected chi connectivity index (χ1v) is 10.7. The Morgan fingerprint density at radius 2 is 1.88 bits per heavy atom. The number of carbonyl (C=O) groups excluding carboxylic acids is 1. The molecule has 1 amide bonds. The van der Waals surface area contributed by atoms with Gasteiger partial charge in [-0.3, -0.25) is 10.0 Å². The van der Waals surface area contributed by atoms with Crippen molar-refractivity contribution in [1.29, 1.82) is 0 Å². The van der Waals surface area contributed by atoms with E-state index in [4.69, 9.17) is 5.21 Å². The van der Waals surface area contributed by atoms with Crippen LogP contribution in [-0.2, 0) is 13.1 Å². The van der Waals surface area contributed by atoms with Crippen LogP contribution in [-0.4, -0.2) is 31.8 Å². The molecule has 2 aromatic carbocycles. The fraction of sp³-hybridized carbons (Fsp3) is 0.200. The molecule has 0 saturated carbocycles. The standard InChI is InChI=1S/C25H24F2N4O3/c1-15(24(32)16-5-3-2-4-6-16)28-11-18-14-31(13-17-7-8-19(26)9-21(17)27)23-12-29-22(10-20(18)23)25(33)30-34/h2-10,12,14-15,24,28,32,34H,11,13H2,1H3,(H,30,33)/t15-,24-/m1/s1. The van der Waals surface area contributed by atoms with Gasteiger partial charge in [0.05, 0.1) is 24.4 Å². The predicted molar refractivity (Wildman–Crippen MR) is 122 cm³/mol. The van der Waals surface area contributed by atoms with Crippen LogP contribution in [0.4, 0.5) is 8.78 Å². The van der Waals surface area contributed by atoms with Gasteiger partial charge in [-0.05, 0) is 30.2 Å². The summed E-state index contributed by atoms with van der Waals surface area (Å²) < 4.78 is 29.3. The number of amides is 1. The number of hydroxylamine groups is 1. The third kappa shape index (κ3) is 4.96. The molecular formula is C25H24F2N4O3. The van der Waals surface area contributed by atoms with Gasteiger partial charge < -0.3 is 15.0 Å². The smallest absolute Gasteiger partial charge is 0.293 e. The van der Waals surface area contributed by atoms with Gasteiger partial charge in [0.2, 0.25) is 0 Å². The van der Waals surface area contributed by atoms with Gasteiger partial charge in [0.25, 0.3) is 5.91 Å². The molecule has 2 aromatic heterocycles. The number of aliphatic hydroxyl groups excluding tert-OH is 1. The zero-order chi connectivity index (χ0) is 24.2. The Balaban J connectivity index is 1.64. The average Bonchev–Trinajstić information content (AvgIpc) is 3.20. The first-order chi connectivity index (χ1) is 16.4. The van der Waals surface area contributed by atoms with Crippen LogP contribution >= 0.6 is 0 Å². The molecule has 0 unspecified atom stereocenters. The van der Waals surface area contributed by atoms with Crippen LogP contribution < -0.4 is 10.8 Å². The molecule has 7 nitrogen and oxygen atoms in total. The summed E-state index contributed by atoms with van der Waals surface area (Å²) in [7, 11) is 0. The summed E-state index contributed by atoms with van der Waals surface area (Å²) in [4.78, 5) is 16.0. The summed E-state index contributed by atoms with van der Waals surface area (Å²) in [5.74, 6) is -2.08. The molecule has 34 heavy (non-hydrogen) atoms. The molecule has 2 atom stereocenters. The zero-order valence-electron chi connectivity index (χ0n) is 18.4. The van der Waals surface area contributed by atoms with Crippen LogP contribution in [0, 0.1) is 11.6 Å². The van der Waals surface area contributed by atoms with Crippen molar-refractivity contribution in [3.8, 4) is 0 Å². The van der Waals surface area contributed by atoms with Crippen molar-refractivity contribution in [2.75, 3.05) is 0 Å². The summed E-state index contributed by atoms with van der Waals surface area (Å²) >= 11 is 0. The Kier molecular flexibility index (Phi) is 6.97. The number of aliphatic hydroxyl groups is 1. The molecule has 176 valence electrons. The second kappa shape index (κ2) is 10.1. The van der Waals surface area contributed by atoms with E-state index in [1.54, 1.807) is 16.2 Å². The topological polar surface area (TPSA) is 99.4 Å². The molecule has 0 bridgehead atoms. The Labute approximate surface area is 194 Å². The monoisotopic (exact) mass is 466 g/mol. The molecular weight excluding hydrogens is 442 g/mol. The molecule has 0 saturated heterocycles. The lowest BCUT2D eigenvalue weighted by Crippen LogP contribution is -2.31. The van der Waals surface area contributed by atoms with Crippen molar-refractivity contribution in [1.82, 2.24) is 20.3 Å². The number of nitrogens with zero attached hydrogens (tertiary/aromatic N) is 2. The van der Waals surface area contributed by atoms with Crippen LogP contribution in [0.5, 0.6) is 0 Å². The molecule has 0 fully saturated rings. The highest BCUT2D eigenvalue weighted by Crippen LogP contribution is 2.25. The van der Waals surface area contributed by atoms with Gasteiger partial charge in [-0.25, -0.2) is 19.2 Å². The van der Waals surface area contributed by atoms with Crippen molar-refractivity contribution in [3.63, 3.8) is 0 Å². The van der Waals surface area contributed by atoms with Crippen molar-refractivity contribution < 1.29 is 23.9 Å². The summed E-state index contributed by atoms with van der Waals surface area (Å²) in [5, 5.41) is 23.6. The summed E-state index contributed by atoms with van der Waals surface area (Å²) in [6, 6.07) is 13.9. The van der Waals surface area contributed by atoms with E-state index in [-0.39, 0.29) is 18.3 Å². The van der Waals surface area contributed by atoms with E-state index in [0.29, 0.717) is 23.0 Å². The van der Waals surface area contributed by atoms with Crippen molar-refractivity contribution in [2.24, 2.45) is 0 Å². The summed E-state index contributed by atoms with van der Waals surface area (Å²) in [5.41, 5.74) is 4.06. The van der Waals surface area contributed by atoms with E-state index in [2.05, 4.69) is 10.3 Å². The van der Waals surface area contributed by atoms with Gasteiger partial charge in [0, 0.05) is 35.8 Å². The van der Waals surface area contributed by atoms with Gasteiger partial charge in [0.15, 0.2) is 0 Å². The van der Waals surface area contributed by atoms with Gasteiger partial charge in [-0.15, -0.1) is 0 Å². The fourth-order valence-corrected chi connectivity index (χ4v) is 3.87. The van der Waals surface area contributed by atoms with Crippen molar-refractivity contribution in [3.05, 3.63) is 101 Å². The molecule has 4 rings (SSSR count). The van der Waals surface area contributed by atoms with Gasteiger partial charge >= 0.3 is 0 Å². The number of rotatable bonds is 8. The van der Waals surface area contributed by atoms with Crippen LogP contribution in [0.25, 0.3) is 10.9 Å². The molecule has 4 N–H and O–H groups in total. The minimum absolute atomic E-state index is 0.0133. The molecule has 2 heterocycles. The lowest BCUT2D eigenvalue weighted by molar-refractivity contribution is 0.0701. The van der Waals surface area contributed by atoms with E-state index in [1.807, 2.05) is 37.3 Å². The van der Waals surface area contributed by atoms with E-state index >= 15 is 0 Å². The lowest BCUT2D eigenvalue weighted by atomic mass is 10.0. The first-order valence-electron chi connectivity index (χ1n) is 10.7.